The van der Waals surface area contributed by atoms with Crippen LogP contribution in [0.5, 0.6) is 0 Å². The quantitative estimate of drug-likeness (QED) is 0.271. The summed E-state index contributed by atoms with van der Waals surface area (Å²) in [6.07, 6.45) is 0. The number of anilines is 3. The maximum absolute atomic E-state index is 13.0. The van der Waals surface area contributed by atoms with Crippen molar-refractivity contribution >= 4 is 45.0 Å². The maximum atomic E-state index is 13.0. The summed E-state index contributed by atoms with van der Waals surface area (Å²) < 4.78 is 31.7. The molecule has 3 rings (SSSR count). The molecule has 4 amide bonds. The minimum absolute atomic E-state index is 0. The first-order valence-corrected chi connectivity index (χ1v) is 11.9. The van der Waals surface area contributed by atoms with Crippen LogP contribution in [-0.2, 0) is 19.7 Å². The second-order valence-corrected chi connectivity index (χ2v) is 8.84. The van der Waals surface area contributed by atoms with Gasteiger partial charge in [-0.15, -0.1) is 0 Å². The fourth-order valence-corrected chi connectivity index (χ4v) is 3.66. The molecule has 10 nitrogen and oxygen atoms in total. The van der Waals surface area contributed by atoms with Gasteiger partial charge in [0.2, 0.25) is 11.8 Å². The predicted molar refractivity (Wildman–Crippen MR) is 133 cm³/mol. The summed E-state index contributed by atoms with van der Waals surface area (Å²) in [5, 5.41) is 4.79. The van der Waals surface area contributed by atoms with Gasteiger partial charge in [0.1, 0.15) is 6.54 Å². The standard InChI is InChI=1S/C24H24N4O6S.K.H/c1-27(19-10-4-2-5-11-19)23(30)17-28(20-12-6-3-7-13-20)22(29)16-25-24(31)26-18-9-8-14-21(15-18)35(32,33)34;;/h2-15H,16-17H2,1H3,(H2,25,26,31)(H,32,33,34);;/q;+1;-1. The van der Waals surface area contributed by atoms with Crippen molar-refractivity contribution in [3.63, 3.8) is 0 Å². The van der Waals surface area contributed by atoms with Crippen LogP contribution >= 0.6 is 0 Å². The van der Waals surface area contributed by atoms with Crippen LogP contribution in [0.4, 0.5) is 21.9 Å². The topological polar surface area (TPSA) is 136 Å². The molecule has 0 aliphatic carbocycles. The largest absolute Gasteiger partial charge is 1.00 e. The van der Waals surface area contributed by atoms with Crippen LogP contribution in [0, 0.1) is 0 Å². The summed E-state index contributed by atoms with van der Waals surface area (Å²) in [4.78, 5) is 40.5. The second-order valence-electron chi connectivity index (χ2n) is 7.41. The number of benzene rings is 3. The van der Waals surface area contributed by atoms with Crippen molar-refractivity contribution in [2.45, 2.75) is 4.90 Å². The Bertz CT molecular complexity index is 1310. The van der Waals surface area contributed by atoms with Crippen molar-refractivity contribution in [1.29, 1.82) is 0 Å². The number of carbonyl (C=O) groups excluding carboxylic acids is 3. The minimum Gasteiger partial charge on any atom is -1.00 e. The Labute approximate surface area is 253 Å². The number of hydrogen-bond donors (Lipinski definition) is 3. The van der Waals surface area contributed by atoms with Gasteiger partial charge in [-0.2, -0.15) is 8.42 Å². The molecule has 0 saturated carbocycles. The van der Waals surface area contributed by atoms with Crippen molar-refractivity contribution in [3.8, 4) is 0 Å². The van der Waals surface area contributed by atoms with E-state index in [1.54, 1.807) is 61.6 Å². The van der Waals surface area contributed by atoms with E-state index < -0.39 is 28.6 Å². The maximum Gasteiger partial charge on any atom is 1.00 e. The first-order valence-electron chi connectivity index (χ1n) is 10.4. The third-order valence-electron chi connectivity index (χ3n) is 4.97. The third kappa shape index (κ3) is 8.52. The molecule has 3 N–H and O–H groups in total. The molecule has 0 aliphatic rings. The van der Waals surface area contributed by atoms with Crippen molar-refractivity contribution in [2.24, 2.45) is 0 Å². The van der Waals surface area contributed by atoms with Gasteiger partial charge >= 0.3 is 57.4 Å². The second kappa shape index (κ2) is 13.6. The Morgan fingerprint density at radius 3 is 2.03 bits per heavy atom. The number of amides is 4. The summed E-state index contributed by atoms with van der Waals surface area (Å²) in [6, 6.07) is 21.8. The number of nitrogens with zero attached hydrogens (tertiary/aromatic N) is 2. The van der Waals surface area contributed by atoms with Crippen LogP contribution < -0.4 is 71.8 Å². The molecule has 36 heavy (non-hydrogen) atoms. The van der Waals surface area contributed by atoms with Crippen LogP contribution in [0.3, 0.4) is 0 Å². The monoisotopic (exact) mass is 536 g/mol. The smallest absolute Gasteiger partial charge is 1.00 e. The van der Waals surface area contributed by atoms with Crippen molar-refractivity contribution < 1.29 is 80.2 Å². The number of likely N-dealkylation sites (N-methyl/N-ethyl adjacent to an activating group) is 1. The van der Waals surface area contributed by atoms with Crippen molar-refractivity contribution in [2.75, 3.05) is 35.3 Å². The molecule has 3 aromatic carbocycles. The fraction of sp³-hybridized carbons (Fsp3) is 0.125. The summed E-state index contributed by atoms with van der Waals surface area (Å²) in [5.41, 5.74) is 1.25. The van der Waals surface area contributed by atoms with E-state index in [1.165, 1.54) is 28.0 Å². The summed E-state index contributed by atoms with van der Waals surface area (Å²) in [7, 11) is -2.83. The van der Waals surface area contributed by atoms with Gasteiger partial charge in [0.25, 0.3) is 10.1 Å². The number of para-hydroxylation sites is 2. The zero-order valence-corrected chi connectivity index (χ0v) is 23.7. The van der Waals surface area contributed by atoms with Crippen LogP contribution in [0.25, 0.3) is 0 Å². The first-order chi connectivity index (χ1) is 16.6. The number of carbonyl (C=O) groups is 3. The zero-order valence-electron chi connectivity index (χ0n) is 20.8. The van der Waals surface area contributed by atoms with Gasteiger partial charge in [0.15, 0.2) is 0 Å². The molecule has 0 radical (unpaired) electrons. The number of nitrogens with one attached hydrogen (secondary N) is 2. The Kier molecular flexibility index (Phi) is 11.2. The molecule has 0 unspecified atom stereocenters. The van der Waals surface area contributed by atoms with Gasteiger partial charge in [0.05, 0.1) is 11.4 Å². The number of urea groups is 1. The molecule has 0 heterocycles. The van der Waals surface area contributed by atoms with Gasteiger partial charge < -0.3 is 21.9 Å². The predicted octanol–water partition coefficient (Wildman–Crippen LogP) is -0.132. The van der Waals surface area contributed by atoms with E-state index in [4.69, 9.17) is 4.55 Å². The van der Waals surface area contributed by atoms with E-state index in [2.05, 4.69) is 10.6 Å². The summed E-state index contributed by atoms with van der Waals surface area (Å²) in [6.45, 7) is -0.686. The molecule has 0 saturated heterocycles. The molecular formula is C24H25KN4O6S. The molecule has 3 aromatic rings. The zero-order chi connectivity index (χ0) is 25.4. The van der Waals surface area contributed by atoms with Gasteiger partial charge in [-0.3, -0.25) is 14.1 Å². The van der Waals surface area contributed by atoms with Crippen LogP contribution in [-0.4, -0.2) is 51.0 Å². The molecular weight excluding hydrogens is 511 g/mol. The summed E-state index contributed by atoms with van der Waals surface area (Å²) in [5.74, 6) is -0.868. The molecule has 184 valence electrons. The average molecular weight is 537 g/mol. The van der Waals surface area contributed by atoms with Crippen LogP contribution in [0.2, 0.25) is 0 Å². The molecule has 0 aliphatic heterocycles. The normalized spacial score (nSPS) is 10.5. The van der Waals surface area contributed by atoms with E-state index in [1.807, 2.05) is 6.07 Å². The Balaban J connectivity index is 0.00000342. The molecule has 12 heteroatoms. The van der Waals surface area contributed by atoms with Gasteiger partial charge in [-0.25, -0.2) is 4.79 Å². The summed E-state index contributed by atoms with van der Waals surface area (Å²) >= 11 is 0. The van der Waals surface area contributed by atoms with Crippen LogP contribution in [0.1, 0.15) is 1.43 Å². The molecule has 0 bridgehead atoms. The molecule has 0 atom stereocenters. The molecule has 0 fully saturated rings. The van der Waals surface area contributed by atoms with Gasteiger partial charge in [0, 0.05) is 24.1 Å². The Morgan fingerprint density at radius 1 is 0.861 bits per heavy atom. The minimum atomic E-state index is -4.44. The van der Waals surface area contributed by atoms with Gasteiger partial charge in [-0.1, -0.05) is 42.5 Å². The fourth-order valence-electron chi connectivity index (χ4n) is 3.13. The Morgan fingerprint density at radius 2 is 1.44 bits per heavy atom. The van der Waals surface area contributed by atoms with E-state index in [0.717, 1.165) is 6.07 Å². The van der Waals surface area contributed by atoms with Crippen molar-refractivity contribution in [1.82, 2.24) is 5.32 Å². The Hall–Kier alpha value is -2.58. The van der Waals surface area contributed by atoms with Crippen LogP contribution in [0.15, 0.2) is 89.8 Å². The van der Waals surface area contributed by atoms with E-state index >= 15 is 0 Å². The molecule has 0 spiro atoms. The number of rotatable bonds is 8. The first kappa shape index (κ1) is 29.6. The number of hydrogen-bond acceptors (Lipinski definition) is 5. The third-order valence-corrected chi connectivity index (χ3v) is 5.82. The molecule has 0 aromatic heterocycles. The van der Waals surface area contributed by atoms with Gasteiger partial charge in [-0.05, 0) is 42.5 Å². The van der Waals surface area contributed by atoms with E-state index in [9.17, 15) is 22.8 Å². The van der Waals surface area contributed by atoms with E-state index in [0.29, 0.717) is 11.4 Å². The van der Waals surface area contributed by atoms with E-state index in [-0.39, 0.29) is 75.8 Å². The SMILES string of the molecule is CN(C(=O)CN(C(=O)CNC(=O)Nc1cccc(S(=O)(=O)O)c1)c1ccccc1)c1ccccc1.[H-].[K+]. The van der Waals surface area contributed by atoms with Crippen molar-refractivity contribution in [3.05, 3.63) is 84.9 Å². The average Bonchev–Trinajstić information content (AvgIpc) is 2.86.